The molecule has 0 bridgehead atoms. The maximum Gasteiger partial charge on any atom is 0.311 e. The molecule has 0 radical (unpaired) electrons. The molecular formula is C14H15N3O3. The van der Waals surface area contributed by atoms with Gasteiger partial charge in [-0.3, -0.25) is 15.1 Å². The van der Waals surface area contributed by atoms with Crippen LogP contribution in [-0.2, 0) is 13.0 Å². The number of hydrogen-bond donors (Lipinski definition) is 1. The minimum Gasteiger partial charge on any atom is -0.486 e. The first-order chi connectivity index (χ1) is 9.70. The first-order valence-electron chi connectivity index (χ1n) is 6.20. The van der Waals surface area contributed by atoms with Gasteiger partial charge in [0.25, 0.3) is 0 Å². The SMILES string of the molecule is NCc1ccc(OCCc2ccncc2)c([N+](=O)[O-])c1. The van der Waals surface area contributed by atoms with E-state index in [1.807, 2.05) is 12.1 Å². The fraction of sp³-hybridized carbons (Fsp3) is 0.214. The van der Waals surface area contributed by atoms with Crippen LogP contribution in [0.3, 0.4) is 0 Å². The van der Waals surface area contributed by atoms with Crippen molar-refractivity contribution in [3.8, 4) is 5.75 Å². The molecule has 0 aliphatic rings. The smallest absolute Gasteiger partial charge is 0.311 e. The van der Waals surface area contributed by atoms with Gasteiger partial charge in [-0.05, 0) is 29.3 Å². The Morgan fingerprint density at radius 1 is 1.20 bits per heavy atom. The number of nitro benzene ring substituents is 1. The Balaban J connectivity index is 2.04. The van der Waals surface area contributed by atoms with Crippen LogP contribution >= 0.6 is 0 Å². The second-order valence-corrected chi connectivity index (χ2v) is 4.22. The van der Waals surface area contributed by atoms with Crippen LogP contribution in [0.4, 0.5) is 5.69 Å². The summed E-state index contributed by atoms with van der Waals surface area (Å²) in [6.07, 6.45) is 4.07. The zero-order valence-corrected chi connectivity index (χ0v) is 10.9. The molecule has 6 nitrogen and oxygen atoms in total. The highest BCUT2D eigenvalue weighted by molar-refractivity contribution is 5.48. The van der Waals surface area contributed by atoms with Crippen LogP contribution in [0.5, 0.6) is 5.75 Å². The summed E-state index contributed by atoms with van der Waals surface area (Å²) in [4.78, 5) is 14.5. The van der Waals surface area contributed by atoms with Crippen LogP contribution in [0.25, 0.3) is 0 Å². The summed E-state index contributed by atoms with van der Waals surface area (Å²) in [6.45, 7) is 0.630. The van der Waals surface area contributed by atoms with E-state index in [0.29, 0.717) is 18.6 Å². The molecule has 2 N–H and O–H groups in total. The van der Waals surface area contributed by atoms with E-state index in [0.717, 1.165) is 5.56 Å². The number of rotatable bonds is 6. The fourth-order valence-corrected chi connectivity index (χ4v) is 1.78. The Kier molecular flexibility index (Phi) is 4.62. The number of aromatic nitrogens is 1. The fourth-order valence-electron chi connectivity index (χ4n) is 1.78. The molecule has 1 aromatic heterocycles. The molecule has 0 amide bonds. The van der Waals surface area contributed by atoms with E-state index in [1.54, 1.807) is 24.5 Å². The zero-order chi connectivity index (χ0) is 14.4. The molecular weight excluding hydrogens is 258 g/mol. The van der Waals surface area contributed by atoms with E-state index in [2.05, 4.69) is 4.98 Å². The van der Waals surface area contributed by atoms with Gasteiger partial charge in [-0.2, -0.15) is 0 Å². The summed E-state index contributed by atoms with van der Waals surface area (Å²) >= 11 is 0. The number of nitrogens with two attached hydrogens (primary N) is 1. The van der Waals surface area contributed by atoms with Crippen LogP contribution in [0.15, 0.2) is 42.7 Å². The van der Waals surface area contributed by atoms with Crippen LogP contribution in [0.2, 0.25) is 0 Å². The lowest BCUT2D eigenvalue weighted by Crippen LogP contribution is -2.05. The van der Waals surface area contributed by atoms with Gasteiger partial charge in [0, 0.05) is 31.4 Å². The maximum absolute atomic E-state index is 11.0. The summed E-state index contributed by atoms with van der Waals surface area (Å²) in [5.74, 6) is 0.265. The number of hydrogen-bond acceptors (Lipinski definition) is 5. The van der Waals surface area contributed by atoms with E-state index in [4.69, 9.17) is 10.5 Å². The Morgan fingerprint density at radius 2 is 1.95 bits per heavy atom. The van der Waals surface area contributed by atoms with Gasteiger partial charge in [-0.15, -0.1) is 0 Å². The molecule has 0 atom stereocenters. The Bertz CT molecular complexity index is 587. The van der Waals surface area contributed by atoms with Crippen LogP contribution < -0.4 is 10.5 Å². The largest absolute Gasteiger partial charge is 0.486 e. The second kappa shape index (κ2) is 6.63. The molecule has 0 unspecified atom stereocenters. The predicted octanol–water partition coefficient (Wildman–Crippen LogP) is 2.07. The molecule has 0 fully saturated rings. The Morgan fingerprint density at radius 3 is 2.60 bits per heavy atom. The quantitative estimate of drug-likeness (QED) is 0.642. The van der Waals surface area contributed by atoms with Gasteiger partial charge in [0.1, 0.15) is 0 Å². The molecule has 0 saturated heterocycles. The molecule has 20 heavy (non-hydrogen) atoms. The molecule has 0 saturated carbocycles. The second-order valence-electron chi connectivity index (χ2n) is 4.22. The van der Waals surface area contributed by atoms with Gasteiger partial charge in [0.15, 0.2) is 5.75 Å². The van der Waals surface area contributed by atoms with Gasteiger partial charge in [-0.1, -0.05) is 6.07 Å². The van der Waals surface area contributed by atoms with Gasteiger partial charge in [-0.25, -0.2) is 0 Å². The zero-order valence-electron chi connectivity index (χ0n) is 10.9. The maximum atomic E-state index is 11.0. The third-order valence-corrected chi connectivity index (χ3v) is 2.85. The first-order valence-corrected chi connectivity index (χ1v) is 6.20. The van der Waals surface area contributed by atoms with Crippen LogP contribution in [-0.4, -0.2) is 16.5 Å². The minimum absolute atomic E-state index is 0.0531. The highest BCUT2D eigenvalue weighted by Crippen LogP contribution is 2.27. The van der Waals surface area contributed by atoms with E-state index in [-0.39, 0.29) is 18.0 Å². The standard InChI is InChI=1S/C14H15N3O3/c15-10-12-1-2-14(13(9-12)17(18)19)20-8-5-11-3-6-16-7-4-11/h1-4,6-7,9H,5,8,10,15H2. The average molecular weight is 273 g/mol. The topological polar surface area (TPSA) is 91.3 Å². The third kappa shape index (κ3) is 3.52. The summed E-state index contributed by atoms with van der Waals surface area (Å²) in [5, 5.41) is 11.0. The summed E-state index contributed by atoms with van der Waals surface area (Å²) in [7, 11) is 0. The van der Waals surface area contributed by atoms with Crippen molar-refractivity contribution in [3.05, 3.63) is 64.0 Å². The lowest BCUT2D eigenvalue weighted by molar-refractivity contribution is -0.385. The average Bonchev–Trinajstić information content (AvgIpc) is 2.48. The molecule has 1 aromatic carbocycles. The van der Waals surface area contributed by atoms with Crippen molar-refractivity contribution in [2.45, 2.75) is 13.0 Å². The van der Waals surface area contributed by atoms with Gasteiger partial charge in [0.05, 0.1) is 11.5 Å². The molecule has 1 heterocycles. The van der Waals surface area contributed by atoms with Gasteiger partial charge >= 0.3 is 5.69 Å². The Labute approximate surface area is 116 Å². The molecule has 2 rings (SSSR count). The van der Waals surface area contributed by atoms with Gasteiger partial charge < -0.3 is 10.5 Å². The van der Waals surface area contributed by atoms with E-state index < -0.39 is 4.92 Å². The van der Waals surface area contributed by atoms with E-state index in [1.165, 1.54) is 6.07 Å². The van der Waals surface area contributed by atoms with Crippen LogP contribution in [0, 0.1) is 10.1 Å². The van der Waals surface area contributed by atoms with Crippen molar-refractivity contribution < 1.29 is 9.66 Å². The molecule has 104 valence electrons. The normalized spacial score (nSPS) is 10.2. The molecule has 0 spiro atoms. The van der Waals surface area contributed by atoms with Crippen molar-refractivity contribution >= 4 is 5.69 Å². The molecule has 2 aromatic rings. The van der Waals surface area contributed by atoms with Crippen LogP contribution in [0.1, 0.15) is 11.1 Å². The van der Waals surface area contributed by atoms with E-state index >= 15 is 0 Å². The van der Waals surface area contributed by atoms with Crippen molar-refractivity contribution in [3.63, 3.8) is 0 Å². The number of ether oxygens (including phenoxy) is 1. The van der Waals surface area contributed by atoms with Crippen molar-refractivity contribution in [1.82, 2.24) is 4.98 Å². The number of pyridine rings is 1. The highest BCUT2D eigenvalue weighted by Gasteiger charge is 2.15. The van der Waals surface area contributed by atoms with Gasteiger partial charge in [0.2, 0.25) is 0 Å². The Hall–Kier alpha value is -2.47. The number of nitro groups is 1. The lowest BCUT2D eigenvalue weighted by atomic mass is 10.2. The molecule has 0 aliphatic carbocycles. The lowest BCUT2D eigenvalue weighted by Gasteiger charge is -2.07. The first kappa shape index (κ1) is 14.0. The number of benzene rings is 1. The number of nitrogens with zero attached hydrogens (tertiary/aromatic N) is 2. The van der Waals surface area contributed by atoms with Crippen molar-refractivity contribution in [1.29, 1.82) is 0 Å². The summed E-state index contributed by atoms with van der Waals surface area (Å²) < 4.78 is 5.50. The summed E-state index contributed by atoms with van der Waals surface area (Å²) in [6, 6.07) is 8.54. The third-order valence-electron chi connectivity index (χ3n) is 2.85. The van der Waals surface area contributed by atoms with Crippen molar-refractivity contribution in [2.75, 3.05) is 6.61 Å². The monoisotopic (exact) mass is 273 g/mol. The van der Waals surface area contributed by atoms with Crippen molar-refractivity contribution in [2.24, 2.45) is 5.73 Å². The highest BCUT2D eigenvalue weighted by atomic mass is 16.6. The molecule has 6 heteroatoms. The predicted molar refractivity (Wildman–Crippen MR) is 74.4 cm³/mol. The molecule has 0 aliphatic heterocycles. The minimum atomic E-state index is -0.457. The van der Waals surface area contributed by atoms with E-state index in [9.17, 15) is 10.1 Å². The summed E-state index contributed by atoms with van der Waals surface area (Å²) in [5.41, 5.74) is 7.20.